The Labute approximate surface area is 78.9 Å². The Balaban J connectivity index is 2.36. The maximum absolute atomic E-state index is 4.35. The number of thiol groups is 1. The molecule has 0 spiro atoms. The van der Waals surface area contributed by atoms with E-state index in [4.69, 9.17) is 0 Å². The zero-order valence-corrected chi connectivity index (χ0v) is 8.09. The van der Waals surface area contributed by atoms with Crippen LogP contribution < -0.4 is 0 Å². The van der Waals surface area contributed by atoms with Crippen LogP contribution in [0.4, 0.5) is 0 Å². The van der Waals surface area contributed by atoms with Gasteiger partial charge in [-0.3, -0.25) is 0 Å². The molecule has 0 bridgehead atoms. The lowest BCUT2D eigenvalue weighted by atomic mass is 10.1. The first-order valence-corrected chi connectivity index (χ1v) is 4.68. The van der Waals surface area contributed by atoms with Crippen molar-refractivity contribution in [2.75, 3.05) is 7.05 Å². The summed E-state index contributed by atoms with van der Waals surface area (Å²) < 4.78 is 2.01. The maximum atomic E-state index is 4.35. The van der Waals surface area contributed by atoms with Crippen molar-refractivity contribution < 1.29 is 0 Å². The second kappa shape index (κ2) is 3.11. The van der Waals surface area contributed by atoms with Crippen molar-refractivity contribution in [2.24, 2.45) is 0 Å². The summed E-state index contributed by atoms with van der Waals surface area (Å²) in [7, 11) is 2.02. The Bertz CT molecular complexity index is 283. The van der Waals surface area contributed by atoms with Gasteiger partial charge >= 0.3 is 0 Å². The molecule has 1 aliphatic carbocycles. The van der Waals surface area contributed by atoms with Gasteiger partial charge in [-0.1, -0.05) is 37.1 Å². The topological polar surface area (TPSA) is 3.24 Å². The van der Waals surface area contributed by atoms with Crippen molar-refractivity contribution in [1.82, 2.24) is 4.31 Å². The summed E-state index contributed by atoms with van der Waals surface area (Å²) >= 11 is 4.35. The minimum absolute atomic E-state index is 0.518. The summed E-state index contributed by atoms with van der Waals surface area (Å²) in [5, 5.41) is 0. The third-order valence-corrected chi connectivity index (χ3v) is 2.83. The molecule has 0 aliphatic heterocycles. The molecule has 0 amide bonds. The van der Waals surface area contributed by atoms with E-state index < -0.39 is 0 Å². The molecule has 0 radical (unpaired) electrons. The highest BCUT2D eigenvalue weighted by molar-refractivity contribution is 7.77. The quantitative estimate of drug-likeness (QED) is 0.648. The van der Waals surface area contributed by atoms with E-state index in [9.17, 15) is 0 Å². The van der Waals surface area contributed by atoms with Crippen LogP contribution in [0.15, 0.2) is 24.3 Å². The zero-order valence-electron chi connectivity index (χ0n) is 7.20. The van der Waals surface area contributed by atoms with Crippen LogP contribution in [-0.4, -0.2) is 11.4 Å². The van der Waals surface area contributed by atoms with Gasteiger partial charge in [0.25, 0.3) is 0 Å². The number of fused-ring (bicyclic) bond motifs is 1. The molecule has 0 N–H and O–H groups in total. The molecule has 2 rings (SSSR count). The lowest BCUT2D eigenvalue weighted by molar-refractivity contribution is 0.424. The van der Waals surface area contributed by atoms with E-state index in [1.807, 2.05) is 11.4 Å². The fraction of sp³-hybridized carbons (Fsp3) is 0.400. The van der Waals surface area contributed by atoms with Gasteiger partial charge in [0.05, 0.1) is 0 Å². The van der Waals surface area contributed by atoms with Gasteiger partial charge in [-0.25, -0.2) is 4.31 Å². The minimum Gasteiger partial charge on any atom is -0.249 e. The van der Waals surface area contributed by atoms with Crippen molar-refractivity contribution in [3.8, 4) is 0 Å². The zero-order chi connectivity index (χ0) is 8.55. The highest BCUT2D eigenvalue weighted by Crippen LogP contribution is 2.35. The van der Waals surface area contributed by atoms with E-state index in [0.29, 0.717) is 6.04 Å². The predicted octanol–water partition coefficient (Wildman–Crippen LogP) is 2.45. The summed E-state index contributed by atoms with van der Waals surface area (Å²) in [6.07, 6.45) is 2.41. The Morgan fingerprint density at radius 3 is 2.92 bits per heavy atom. The largest absolute Gasteiger partial charge is 0.249 e. The average molecular weight is 179 g/mol. The average Bonchev–Trinajstić information content (AvgIpc) is 2.47. The van der Waals surface area contributed by atoms with Gasteiger partial charge < -0.3 is 0 Å². The van der Waals surface area contributed by atoms with E-state index in [1.54, 1.807) is 0 Å². The first-order valence-electron chi connectivity index (χ1n) is 4.28. The minimum atomic E-state index is 0.518. The first-order chi connectivity index (χ1) is 5.79. The third-order valence-electron chi connectivity index (χ3n) is 2.55. The van der Waals surface area contributed by atoms with Gasteiger partial charge in [0, 0.05) is 6.04 Å². The van der Waals surface area contributed by atoms with E-state index in [1.165, 1.54) is 24.0 Å². The summed E-state index contributed by atoms with van der Waals surface area (Å²) in [5.74, 6) is 0. The molecular weight excluding hydrogens is 166 g/mol. The monoisotopic (exact) mass is 179 g/mol. The molecular formula is C10H13NS. The lowest BCUT2D eigenvalue weighted by Crippen LogP contribution is -2.11. The second-order valence-electron chi connectivity index (χ2n) is 3.33. The Morgan fingerprint density at radius 1 is 1.42 bits per heavy atom. The van der Waals surface area contributed by atoms with Crippen molar-refractivity contribution in [3.63, 3.8) is 0 Å². The highest BCUT2D eigenvalue weighted by atomic mass is 32.1. The number of rotatable bonds is 1. The summed E-state index contributed by atoms with van der Waals surface area (Å²) in [4.78, 5) is 0. The van der Waals surface area contributed by atoms with Crippen LogP contribution in [0.3, 0.4) is 0 Å². The van der Waals surface area contributed by atoms with Gasteiger partial charge in [0.1, 0.15) is 0 Å². The first kappa shape index (κ1) is 8.14. The summed E-state index contributed by atoms with van der Waals surface area (Å²) in [5.41, 5.74) is 2.94. The van der Waals surface area contributed by atoms with E-state index in [0.717, 1.165) is 0 Å². The molecule has 0 saturated heterocycles. The van der Waals surface area contributed by atoms with Gasteiger partial charge in [-0.15, -0.1) is 0 Å². The molecule has 1 nitrogen and oxygen atoms in total. The number of nitrogens with zero attached hydrogens (tertiary/aromatic N) is 1. The molecule has 1 unspecified atom stereocenters. The molecule has 2 heteroatoms. The highest BCUT2D eigenvalue weighted by Gasteiger charge is 2.23. The molecule has 0 saturated carbocycles. The molecule has 1 aliphatic rings. The normalized spacial score (nSPS) is 21.4. The number of benzene rings is 1. The summed E-state index contributed by atoms with van der Waals surface area (Å²) in [6, 6.07) is 9.16. The summed E-state index contributed by atoms with van der Waals surface area (Å²) in [6.45, 7) is 0. The smallest absolute Gasteiger partial charge is 0.0452 e. The van der Waals surface area contributed by atoms with E-state index in [2.05, 4.69) is 37.1 Å². The molecule has 12 heavy (non-hydrogen) atoms. The fourth-order valence-corrected chi connectivity index (χ4v) is 2.16. The molecule has 0 heterocycles. The number of aryl methyl sites for hydroxylation is 1. The van der Waals surface area contributed by atoms with E-state index in [-0.39, 0.29) is 0 Å². The second-order valence-corrected chi connectivity index (χ2v) is 3.96. The van der Waals surface area contributed by atoms with Crippen LogP contribution in [0.25, 0.3) is 0 Å². The van der Waals surface area contributed by atoms with E-state index >= 15 is 0 Å². The van der Waals surface area contributed by atoms with Crippen molar-refractivity contribution in [2.45, 2.75) is 18.9 Å². The van der Waals surface area contributed by atoms with Gasteiger partial charge in [0.2, 0.25) is 0 Å². The maximum Gasteiger partial charge on any atom is 0.0452 e. The van der Waals surface area contributed by atoms with Crippen LogP contribution in [0.2, 0.25) is 0 Å². The van der Waals surface area contributed by atoms with Crippen molar-refractivity contribution >= 4 is 12.8 Å². The Kier molecular flexibility index (Phi) is 2.11. The predicted molar refractivity (Wildman–Crippen MR) is 54.3 cm³/mol. The fourth-order valence-electron chi connectivity index (χ4n) is 1.92. The van der Waals surface area contributed by atoms with Crippen LogP contribution in [0.1, 0.15) is 23.6 Å². The molecule has 64 valence electrons. The van der Waals surface area contributed by atoms with Crippen molar-refractivity contribution in [1.29, 1.82) is 0 Å². The van der Waals surface area contributed by atoms with Gasteiger partial charge in [0.15, 0.2) is 0 Å². The molecule has 1 atom stereocenters. The van der Waals surface area contributed by atoms with Crippen LogP contribution >= 0.6 is 12.8 Å². The Hall–Kier alpha value is -0.470. The van der Waals surface area contributed by atoms with Crippen LogP contribution in [-0.2, 0) is 6.42 Å². The van der Waals surface area contributed by atoms with Crippen molar-refractivity contribution in [3.05, 3.63) is 35.4 Å². The van der Waals surface area contributed by atoms with Gasteiger partial charge in [-0.05, 0) is 31.0 Å². The SMILES string of the molecule is CN(S)C1CCc2ccccc21. The Morgan fingerprint density at radius 2 is 2.17 bits per heavy atom. The standard InChI is InChI=1S/C10H13NS/c1-11(12)10-7-6-8-4-2-3-5-9(8)10/h2-5,10,12H,6-7H2,1H3. The van der Waals surface area contributed by atoms with Gasteiger partial charge in [-0.2, -0.15) is 0 Å². The molecule has 1 aromatic carbocycles. The molecule has 1 aromatic rings. The number of hydrogen-bond acceptors (Lipinski definition) is 2. The lowest BCUT2D eigenvalue weighted by Gasteiger charge is -2.18. The third kappa shape index (κ3) is 1.25. The molecule has 0 fully saturated rings. The molecule has 0 aromatic heterocycles. The number of hydrogen-bond donors (Lipinski definition) is 1. The van der Waals surface area contributed by atoms with Crippen LogP contribution in [0.5, 0.6) is 0 Å². The van der Waals surface area contributed by atoms with Crippen LogP contribution in [0, 0.1) is 0 Å².